The fourth-order valence-corrected chi connectivity index (χ4v) is 4.53. The maximum Gasteiger partial charge on any atom is 0.229 e. The van der Waals surface area contributed by atoms with Gasteiger partial charge in [-0.3, -0.25) is 0 Å². The molecule has 9 heteroatoms. The van der Waals surface area contributed by atoms with Crippen LogP contribution in [0.5, 0.6) is 0 Å². The van der Waals surface area contributed by atoms with E-state index in [1.807, 2.05) is 4.90 Å². The lowest BCUT2D eigenvalue weighted by Gasteiger charge is -2.25. The van der Waals surface area contributed by atoms with Gasteiger partial charge in [-0.15, -0.1) is 0 Å². The van der Waals surface area contributed by atoms with Crippen LogP contribution in [0, 0.1) is 18.6 Å². The molecule has 0 amide bonds. The van der Waals surface area contributed by atoms with Crippen LogP contribution in [0.2, 0.25) is 0 Å². The molecule has 1 fully saturated rings. The van der Waals surface area contributed by atoms with Crippen molar-refractivity contribution < 1.29 is 17.2 Å². The molecule has 0 aliphatic carbocycles. The second-order valence-electron chi connectivity index (χ2n) is 6.11. The van der Waals surface area contributed by atoms with Gasteiger partial charge in [-0.05, 0) is 25.5 Å². The Labute approximate surface area is 144 Å². The number of aryl methyl sites for hydroxylation is 1. The molecule has 0 bridgehead atoms. The van der Waals surface area contributed by atoms with Crippen LogP contribution in [0.4, 0.5) is 26.2 Å². The van der Waals surface area contributed by atoms with Gasteiger partial charge < -0.3 is 10.2 Å². The number of benzene rings is 1. The molecule has 1 aliphatic heterocycles. The average Bonchev–Trinajstić information content (AvgIpc) is 2.90. The summed E-state index contributed by atoms with van der Waals surface area (Å²) in [6.07, 6.45) is 0.549. The van der Waals surface area contributed by atoms with Gasteiger partial charge in [0.05, 0.1) is 11.5 Å². The first-order valence-corrected chi connectivity index (χ1v) is 9.57. The van der Waals surface area contributed by atoms with Crippen LogP contribution < -0.4 is 10.2 Å². The molecule has 1 atom stereocenters. The number of sulfone groups is 1. The molecule has 0 saturated carbocycles. The molecule has 0 radical (unpaired) electrons. The van der Waals surface area contributed by atoms with Crippen LogP contribution in [-0.4, -0.2) is 43.0 Å². The minimum Gasteiger partial charge on any atom is -0.355 e. The minimum atomic E-state index is -3.00. The zero-order valence-corrected chi connectivity index (χ0v) is 14.6. The summed E-state index contributed by atoms with van der Waals surface area (Å²) in [7, 11) is -1.22. The highest BCUT2D eigenvalue weighted by atomic mass is 32.2. The van der Waals surface area contributed by atoms with Gasteiger partial charge in [-0.1, -0.05) is 0 Å². The third kappa shape index (κ3) is 4.04. The summed E-state index contributed by atoms with van der Waals surface area (Å²) < 4.78 is 49.7. The predicted octanol–water partition coefficient (Wildman–Crippen LogP) is 2.43. The van der Waals surface area contributed by atoms with Crippen LogP contribution in [0.1, 0.15) is 12.1 Å². The first kappa shape index (κ1) is 17.5. The van der Waals surface area contributed by atoms with Crippen molar-refractivity contribution in [1.82, 2.24) is 9.97 Å². The van der Waals surface area contributed by atoms with E-state index in [9.17, 15) is 17.2 Å². The zero-order chi connectivity index (χ0) is 18.2. The van der Waals surface area contributed by atoms with E-state index >= 15 is 0 Å². The summed E-state index contributed by atoms with van der Waals surface area (Å²) in [6.45, 7) is 1.78. The molecule has 2 heterocycles. The third-order valence-electron chi connectivity index (χ3n) is 4.13. The van der Waals surface area contributed by atoms with E-state index in [2.05, 4.69) is 15.3 Å². The van der Waals surface area contributed by atoms with E-state index < -0.39 is 21.5 Å². The van der Waals surface area contributed by atoms with Crippen molar-refractivity contribution in [1.29, 1.82) is 0 Å². The van der Waals surface area contributed by atoms with E-state index in [0.29, 0.717) is 23.6 Å². The summed E-state index contributed by atoms with van der Waals surface area (Å²) in [5.74, 6) is -0.831. The Balaban J connectivity index is 1.84. The van der Waals surface area contributed by atoms with Gasteiger partial charge in [0, 0.05) is 36.6 Å². The molecule has 1 N–H and O–H groups in total. The Kier molecular flexibility index (Phi) is 4.59. The molecule has 6 nitrogen and oxygen atoms in total. The van der Waals surface area contributed by atoms with Crippen molar-refractivity contribution in [3.05, 3.63) is 41.6 Å². The second kappa shape index (κ2) is 6.55. The Bertz CT molecular complexity index is 905. The molecular weight excluding hydrogens is 350 g/mol. The summed E-state index contributed by atoms with van der Waals surface area (Å²) >= 11 is 0. The predicted molar refractivity (Wildman–Crippen MR) is 91.9 cm³/mol. The summed E-state index contributed by atoms with van der Waals surface area (Å²) in [5, 5.41) is 2.84. The van der Waals surface area contributed by atoms with Gasteiger partial charge in [-0.2, -0.15) is 4.98 Å². The van der Waals surface area contributed by atoms with Crippen molar-refractivity contribution in [2.75, 3.05) is 28.8 Å². The number of halogens is 2. The standard InChI is InChI=1S/C16H18F2N4O2S/c1-10-7-15(22(2)12-5-6-25(23,24)9-12)21-16(19-10)20-11-3-4-13(17)14(18)8-11/h3-4,7-8,12H,5-6,9H2,1-2H3,(H,19,20,21). The van der Waals surface area contributed by atoms with Crippen molar-refractivity contribution in [3.63, 3.8) is 0 Å². The molecular formula is C16H18F2N4O2S. The number of aromatic nitrogens is 2. The Morgan fingerprint density at radius 2 is 1.96 bits per heavy atom. The number of hydrogen-bond acceptors (Lipinski definition) is 6. The van der Waals surface area contributed by atoms with Crippen LogP contribution in [0.25, 0.3) is 0 Å². The van der Waals surface area contributed by atoms with Gasteiger partial charge in [-0.25, -0.2) is 22.2 Å². The Morgan fingerprint density at radius 1 is 1.20 bits per heavy atom. The lowest BCUT2D eigenvalue weighted by Crippen LogP contribution is -2.33. The topological polar surface area (TPSA) is 75.2 Å². The number of hydrogen-bond donors (Lipinski definition) is 1. The first-order chi connectivity index (χ1) is 11.7. The van der Waals surface area contributed by atoms with E-state index in [-0.39, 0.29) is 23.5 Å². The maximum absolute atomic E-state index is 13.3. The van der Waals surface area contributed by atoms with Crippen LogP contribution in [0.3, 0.4) is 0 Å². The van der Waals surface area contributed by atoms with Crippen LogP contribution >= 0.6 is 0 Å². The smallest absolute Gasteiger partial charge is 0.229 e. The monoisotopic (exact) mass is 368 g/mol. The lowest BCUT2D eigenvalue weighted by molar-refractivity contribution is 0.509. The quantitative estimate of drug-likeness (QED) is 0.893. The van der Waals surface area contributed by atoms with Gasteiger partial charge in [0.2, 0.25) is 5.95 Å². The minimum absolute atomic E-state index is 0.0957. The number of anilines is 3. The van der Waals surface area contributed by atoms with E-state index in [0.717, 1.165) is 12.1 Å². The van der Waals surface area contributed by atoms with Crippen molar-refractivity contribution in [2.24, 2.45) is 0 Å². The number of nitrogens with one attached hydrogen (secondary N) is 1. The molecule has 1 aromatic heterocycles. The third-order valence-corrected chi connectivity index (χ3v) is 5.88. The van der Waals surface area contributed by atoms with Gasteiger partial charge >= 0.3 is 0 Å². The van der Waals surface area contributed by atoms with E-state index in [1.54, 1.807) is 20.0 Å². The molecule has 134 valence electrons. The Hall–Kier alpha value is -2.29. The van der Waals surface area contributed by atoms with Gasteiger partial charge in [0.1, 0.15) is 5.82 Å². The second-order valence-corrected chi connectivity index (χ2v) is 8.34. The van der Waals surface area contributed by atoms with Crippen LogP contribution in [-0.2, 0) is 9.84 Å². The molecule has 1 unspecified atom stereocenters. The number of nitrogens with zero attached hydrogens (tertiary/aromatic N) is 3. The molecule has 1 saturated heterocycles. The molecule has 0 spiro atoms. The van der Waals surface area contributed by atoms with E-state index in [1.165, 1.54) is 6.07 Å². The lowest BCUT2D eigenvalue weighted by atomic mass is 10.2. The SMILES string of the molecule is Cc1cc(N(C)C2CCS(=O)(=O)C2)nc(Nc2ccc(F)c(F)c2)n1. The maximum atomic E-state index is 13.3. The fraction of sp³-hybridized carbons (Fsp3) is 0.375. The molecule has 3 rings (SSSR count). The normalized spacial score (nSPS) is 19.0. The highest BCUT2D eigenvalue weighted by molar-refractivity contribution is 7.91. The Morgan fingerprint density at radius 3 is 2.60 bits per heavy atom. The van der Waals surface area contributed by atoms with E-state index in [4.69, 9.17) is 0 Å². The summed E-state index contributed by atoms with van der Waals surface area (Å²) in [4.78, 5) is 10.4. The van der Waals surface area contributed by atoms with Gasteiger partial charge in [0.15, 0.2) is 21.5 Å². The van der Waals surface area contributed by atoms with Crippen LogP contribution in [0.15, 0.2) is 24.3 Å². The average molecular weight is 368 g/mol. The first-order valence-electron chi connectivity index (χ1n) is 7.74. The molecule has 1 aromatic carbocycles. The molecule has 1 aliphatic rings. The van der Waals surface area contributed by atoms with Crippen molar-refractivity contribution >= 4 is 27.3 Å². The number of rotatable bonds is 4. The molecule has 2 aromatic rings. The van der Waals surface area contributed by atoms with Crippen molar-refractivity contribution in [2.45, 2.75) is 19.4 Å². The van der Waals surface area contributed by atoms with Crippen molar-refractivity contribution in [3.8, 4) is 0 Å². The highest BCUT2D eigenvalue weighted by Crippen LogP contribution is 2.24. The van der Waals surface area contributed by atoms with Gasteiger partial charge in [0.25, 0.3) is 0 Å². The summed E-state index contributed by atoms with van der Waals surface area (Å²) in [5.41, 5.74) is 0.990. The fourth-order valence-electron chi connectivity index (χ4n) is 2.76. The highest BCUT2D eigenvalue weighted by Gasteiger charge is 2.31. The summed E-state index contributed by atoms with van der Waals surface area (Å²) in [6, 6.07) is 5.03. The zero-order valence-electron chi connectivity index (χ0n) is 13.8. The molecule has 25 heavy (non-hydrogen) atoms. The largest absolute Gasteiger partial charge is 0.355 e.